The fourth-order valence-electron chi connectivity index (χ4n) is 3.50. The SMILES string of the molecule is COC(=O)c1cccc(NC(=O)NC[C@@H]2CC[C@@H](Cc3ccccc3)CN2)c1. The molecule has 1 heterocycles. The van der Waals surface area contributed by atoms with Crippen LogP contribution >= 0.6 is 0 Å². The maximum absolute atomic E-state index is 12.1. The van der Waals surface area contributed by atoms with Gasteiger partial charge >= 0.3 is 12.0 Å². The molecular formula is C22H27N3O3. The van der Waals surface area contributed by atoms with Gasteiger partial charge in [-0.3, -0.25) is 0 Å². The van der Waals surface area contributed by atoms with Crippen molar-refractivity contribution < 1.29 is 14.3 Å². The van der Waals surface area contributed by atoms with Gasteiger partial charge in [-0.05, 0) is 55.5 Å². The second-order valence-corrected chi connectivity index (χ2v) is 7.15. The molecule has 2 aromatic rings. The minimum atomic E-state index is -0.430. The smallest absolute Gasteiger partial charge is 0.337 e. The van der Waals surface area contributed by atoms with E-state index in [2.05, 4.69) is 40.2 Å². The van der Waals surface area contributed by atoms with E-state index in [1.807, 2.05) is 6.07 Å². The summed E-state index contributed by atoms with van der Waals surface area (Å²) in [4.78, 5) is 23.7. The molecule has 1 saturated heterocycles. The van der Waals surface area contributed by atoms with E-state index in [0.717, 1.165) is 25.8 Å². The molecule has 2 amide bonds. The molecule has 6 nitrogen and oxygen atoms in total. The lowest BCUT2D eigenvalue weighted by molar-refractivity contribution is 0.0600. The highest BCUT2D eigenvalue weighted by Gasteiger charge is 2.21. The zero-order valence-corrected chi connectivity index (χ0v) is 16.1. The van der Waals surface area contributed by atoms with E-state index in [9.17, 15) is 9.59 Å². The Hall–Kier alpha value is -2.86. The molecule has 0 spiro atoms. The van der Waals surface area contributed by atoms with Crippen molar-refractivity contribution >= 4 is 17.7 Å². The van der Waals surface area contributed by atoms with Crippen LogP contribution in [0.5, 0.6) is 0 Å². The molecule has 0 bridgehead atoms. The summed E-state index contributed by atoms with van der Waals surface area (Å²) in [7, 11) is 1.33. The summed E-state index contributed by atoms with van der Waals surface area (Å²) >= 11 is 0. The third-order valence-corrected chi connectivity index (χ3v) is 5.04. The van der Waals surface area contributed by atoms with Crippen LogP contribution in [0.2, 0.25) is 0 Å². The van der Waals surface area contributed by atoms with E-state index in [1.54, 1.807) is 24.3 Å². The predicted molar refractivity (Wildman–Crippen MR) is 109 cm³/mol. The van der Waals surface area contributed by atoms with Gasteiger partial charge in [0.25, 0.3) is 0 Å². The van der Waals surface area contributed by atoms with Crippen molar-refractivity contribution in [2.45, 2.75) is 25.3 Å². The summed E-state index contributed by atoms with van der Waals surface area (Å²) in [5.41, 5.74) is 2.33. The molecule has 0 aromatic heterocycles. The first-order chi connectivity index (χ1) is 13.6. The van der Waals surface area contributed by atoms with Crippen LogP contribution in [-0.2, 0) is 11.2 Å². The molecule has 0 unspecified atom stereocenters. The van der Waals surface area contributed by atoms with E-state index in [1.165, 1.54) is 12.7 Å². The van der Waals surface area contributed by atoms with Gasteiger partial charge in [-0.1, -0.05) is 36.4 Å². The highest BCUT2D eigenvalue weighted by Crippen LogP contribution is 2.19. The number of methoxy groups -OCH3 is 1. The number of hydrogen-bond donors (Lipinski definition) is 3. The molecule has 0 aliphatic carbocycles. The number of carbonyl (C=O) groups is 2. The zero-order chi connectivity index (χ0) is 19.8. The molecule has 148 valence electrons. The largest absolute Gasteiger partial charge is 0.465 e. The second-order valence-electron chi connectivity index (χ2n) is 7.15. The van der Waals surface area contributed by atoms with Crippen molar-refractivity contribution in [3.05, 3.63) is 65.7 Å². The Morgan fingerprint density at radius 2 is 1.93 bits per heavy atom. The first-order valence-corrected chi connectivity index (χ1v) is 9.64. The third kappa shape index (κ3) is 5.82. The second kappa shape index (κ2) is 9.90. The number of ether oxygens (including phenoxy) is 1. The van der Waals surface area contributed by atoms with E-state index in [0.29, 0.717) is 23.7 Å². The molecule has 3 N–H and O–H groups in total. The van der Waals surface area contributed by atoms with Gasteiger partial charge in [-0.25, -0.2) is 9.59 Å². The van der Waals surface area contributed by atoms with Crippen LogP contribution in [0.3, 0.4) is 0 Å². The van der Waals surface area contributed by atoms with Gasteiger partial charge in [0, 0.05) is 18.3 Å². The lowest BCUT2D eigenvalue weighted by atomic mass is 9.89. The Balaban J connectivity index is 1.39. The molecule has 2 aromatic carbocycles. The number of carbonyl (C=O) groups excluding carboxylic acids is 2. The molecule has 0 saturated carbocycles. The summed E-state index contributed by atoms with van der Waals surface area (Å²) in [5.74, 6) is 0.203. The Morgan fingerprint density at radius 1 is 1.11 bits per heavy atom. The Bertz CT molecular complexity index is 787. The van der Waals surface area contributed by atoms with E-state index in [-0.39, 0.29) is 12.1 Å². The lowest BCUT2D eigenvalue weighted by Gasteiger charge is -2.30. The molecule has 1 aliphatic heterocycles. The summed E-state index contributed by atoms with van der Waals surface area (Å²) in [5, 5.41) is 9.19. The van der Waals surface area contributed by atoms with Gasteiger partial charge in [0.1, 0.15) is 0 Å². The van der Waals surface area contributed by atoms with Crippen molar-refractivity contribution in [1.29, 1.82) is 0 Å². The van der Waals surface area contributed by atoms with Crippen LogP contribution in [0.25, 0.3) is 0 Å². The number of amides is 2. The summed E-state index contributed by atoms with van der Waals surface area (Å²) < 4.78 is 4.69. The van der Waals surface area contributed by atoms with Gasteiger partial charge in [0.2, 0.25) is 0 Å². The van der Waals surface area contributed by atoms with Gasteiger partial charge in [0.15, 0.2) is 0 Å². The van der Waals surface area contributed by atoms with Crippen molar-refractivity contribution in [2.75, 3.05) is 25.5 Å². The predicted octanol–water partition coefficient (Wildman–Crippen LogP) is 3.21. The molecule has 28 heavy (non-hydrogen) atoms. The number of hydrogen-bond acceptors (Lipinski definition) is 4. The number of benzene rings is 2. The maximum Gasteiger partial charge on any atom is 0.337 e. The molecule has 6 heteroatoms. The first kappa shape index (κ1) is 19.9. The Morgan fingerprint density at radius 3 is 2.64 bits per heavy atom. The van der Waals surface area contributed by atoms with Crippen molar-refractivity contribution in [2.24, 2.45) is 5.92 Å². The van der Waals surface area contributed by atoms with Crippen LogP contribution in [0.1, 0.15) is 28.8 Å². The third-order valence-electron chi connectivity index (χ3n) is 5.04. The van der Waals surface area contributed by atoms with Crippen LogP contribution in [0.4, 0.5) is 10.5 Å². The van der Waals surface area contributed by atoms with Gasteiger partial charge in [0.05, 0.1) is 12.7 Å². The first-order valence-electron chi connectivity index (χ1n) is 9.64. The minimum absolute atomic E-state index is 0.277. The highest BCUT2D eigenvalue weighted by atomic mass is 16.5. The summed E-state index contributed by atoms with van der Waals surface area (Å²) in [6.07, 6.45) is 3.28. The van der Waals surface area contributed by atoms with Crippen molar-refractivity contribution in [3.8, 4) is 0 Å². The fourth-order valence-corrected chi connectivity index (χ4v) is 3.50. The monoisotopic (exact) mass is 381 g/mol. The Kier molecular flexibility index (Phi) is 7.03. The van der Waals surface area contributed by atoms with Crippen molar-refractivity contribution in [3.63, 3.8) is 0 Å². The average Bonchev–Trinajstić information content (AvgIpc) is 2.73. The van der Waals surface area contributed by atoms with Gasteiger partial charge < -0.3 is 20.7 Å². The molecule has 3 rings (SSSR count). The quantitative estimate of drug-likeness (QED) is 0.672. The van der Waals surface area contributed by atoms with Gasteiger partial charge in [-0.2, -0.15) is 0 Å². The number of urea groups is 1. The molecule has 1 aliphatic rings. The van der Waals surface area contributed by atoms with E-state index >= 15 is 0 Å². The van der Waals surface area contributed by atoms with Crippen molar-refractivity contribution in [1.82, 2.24) is 10.6 Å². The minimum Gasteiger partial charge on any atom is -0.465 e. The highest BCUT2D eigenvalue weighted by molar-refractivity contribution is 5.93. The van der Waals surface area contributed by atoms with Crippen LogP contribution in [0, 0.1) is 5.92 Å². The molecular weight excluding hydrogens is 354 g/mol. The zero-order valence-electron chi connectivity index (χ0n) is 16.1. The summed E-state index contributed by atoms with van der Waals surface area (Å²) in [6.45, 7) is 1.53. The lowest BCUT2D eigenvalue weighted by Crippen LogP contribution is -2.47. The van der Waals surface area contributed by atoms with Crippen LogP contribution < -0.4 is 16.0 Å². The average molecular weight is 381 g/mol. The fraction of sp³-hybridized carbons (Fsp3) is 0.364. The van der Waals surface area contributed by atoms with E-state index < -0.39 is 5.97 Å². The number of rotatable bonds is 6. The number of piperidine rings is 1. The standard InChI is InChI=1S/C22H27N3O3/c1-28-21(26)18-8-5-9-19(13-18)25-22(27)24-15-20-11-10-17(14-23-20)12-16-6-3-2-4-7-16/h2-9,13,17,20,23H,10-12,14-15H2,1H3,(H2,24,25,27)/t17-,20-/m0/s1. The maximum atomic E-state index is 12.1. The van der Waals surface area contributed by atoms with E-state index in [4.69, 9.17) is 4.74 Å². The molecule has 0 radical (unpaired) electrons. The van der Waals surface area contributed by atoms with Crippen LogP contribution in [0.15, 0.2) is 54.6 Å². The van der Waals surface area contributed by atoms with Crippen LogP contribution in [-0.4, -0.2) is 38.2 Å². The number of nitrogens with one attached hydrogen (secondary N) is 3. The number of esters is 1. The molecule has 2 atom stereocenters. The summed E-state index contributed by atoms with van der Waals surface area (Å²) in [6, 6.07) is 17.2. The van der Waals surface area contributed by atoms with Gasteiger partial charge in [-0.15, -0.1) is 0 Å². The number of anilines is 1. The Labute approximate surface area is 165 Å². The topological polar surface area (TPSA) is 79.5 Å². The molecule has 1 fully saturated rings. The normalized spacial score (nSPS) is 18.9.